The van der Waals surface area contributed by atoms with Crippen LogP contribution in [0.5, 0.6) is 17.2 Å². The maximum Gasteiger partial charge on any atom is 0.336 e. The van der Waals surface area contributed by atoms with Crippen molar-refractivity contribution in [3.05, 3.63) is 105 Å². The van der Waals surface area contributed by atoms with Crippen LogP contribution in [-0.4, -0.2) is 5.97 Å². The van der Waals surface area contributed by atoms with Crippen molar-refractivity contribution in [2.24, 2.45) is 0 Å². The summed E-state index contributed by atoms with van der Waals surface area (Å²) in [7, 11) is 0. The highest BCUT2D eigenvalue weighted by Crippen LogP contribution is 2.29. The minimum atomic E-state index is -0.538. The van der Waals surface area contributed by atoms with E-state index in [1.54, 1.807) is 18.2 Å². The quantitative estimate of drug-likeness (QED) is 0.199. The molecule has 1 aromatic heterocycles. The molecule has 5 nitrogen and oxygen atoms in total. The van der Waals surface area contributed by atoms with E-state index >= 15 is 0 Å². The molecule has 3 aromatic carbocycles. The van der Waals surface area contributed by atoms with Crippen LogP contribution >= 0.6 is 11.6 Å². The van der Waals surface area contributed by atoms with Gasteiger partial charge in [-0.1, -0.05) is 41.9 Å². The SMILES string of the molecule is Cc1cc(Oc2coc3cc(OC(=O)C=Cc4ccccc4)ccc3c2=O)cc(C)c1Cl. The van der Waals surface area contributed by atoms with Gasteiger partial charge in [0, 0.05) is 17.2 Å². The van der Waals surface area contributed by atoms with Gasteiger partial charge in [-0.05, 0) is 60.9 Å². The predicted octanol–water partition coefficient (Wildman–Crippen LogP) is 6.47. The van der Waals surface area contributed by atoms with E-state index in [1.165, 1.54) is 30.5 Å². The minimum Gasteiger partial charge on any atom is -0.460 e. The average molecular weight is 447 g/mol. The Hall–Kier alpha value is -3.83. The zero-order chi connectivity index (χ0) is 22.7. The fourth-order valence-corrected chi connectivity index (χ4v) is 3.30. The normalized spacial score (nSPS) is 11.1. The van der Waals surface area contributed by atoms with E-state index < -0.39 is 5.97 Å². The van der Waals surface area contributed by atoms with Gasteiger partial charge in [-0.15, -0.1) is 0 Å². The largest absolute Gasteiger partial charge is 0.460 e. The highest BCUT2D eigenvalue weighted by molar-refractivity contribution is 6.32. The van der Waals surface area contributed by atoms with Crippen LogP contribution < -0.4 is 14.9 Å². The molecule has 4 rings (SSSR count). The molecular weight excluding hydrogens is 428 g/mol. The molecule has 0 fully saturated rings. The first-order valence-electron chi connectivity index (χ1n) is 9.86. The van der Waals surface area contributed by atoms with Crippen LogP contribution in [0.4, 0.5) is 0 Å². The molecule has 1 heterocycles. The number of esters is 1. The smallest absolute Gasteiger partial charge is 0.336 e. The lowest BCUT2D eigenvalue weighted by atomic mass is 10.1. The van der Waals surface area contributed by atoms with E-state index in [1.807, 2.05) is 44.2 Å². The second-order valence-electron chi connectivity index (χ2n) is 7.23. The van der Waals surface area contributed by atoms with Crippen molar-refractivity contribution in [1.82, 2.24) is 0 Å². The van der Waals surface area contributed by atoms with Crippen molar-refractivity contribution in [2.75, 3.05) is 0 Å². The van der Waals surface area contributed by atoms with E-state index in [4.69, 9.17) is 25.5 Å². The number of halogens is 1. The van der Waals surface area contributed by atoms with Crippen LogP contribution in [0.15, 0.2) is 82.2 Å². The molecule has 0 amide bonds. The molecule has 0 aliphatic carbocycles. The van der Waals surface area contributed by atoms with Crippen LogP contribution in [0.3, 0.4) is 0 Å². The van der Waals surface area contributed by atoms with E-state index in [-0.39, 0.29) is 22.5 Å². The Kier molecular flexibility index (Phi) is 6.10. The molecule has 6 heteroatoms. The first-order chi connectivity index (χ1) is 15.4. The Bertz CT molecular complexity index is 1360. The van der Waals surface area contributed by atoms with Crippen molar-refractivity contribution in [3.63, 3.8) is 0 Å². The number of benzene rings is 3. The summed E-state index contributed by atoms with van der Waals surface area (Å²) in [4.78, 5) is 24.9. The van der Waals surface area contributed by atoms with Crippen LogP contribution in [-0.2, 0) is 4.79 Å². The Morgan fingerprint density at radius 2 is 1.69 bits per heavy atom. The van der Waals surface area contributed by atoms with Gasteiger partial charge in [0.2, 0.25) is 11.2 Å². The Labute approximate surface area is 189 Å². The van der Waals surface area contributed by atoms with Crippen LogP contribution in [0.1, 0.15) is 16.7 Å². The molecule has 0 saturated heterocycles. The summed E-state index contributed by atoms with van der Waals surface area (Å²) in [6.07, 6.45) is 4.24. The van der Waals surface area contributed by atoms with E-state index in [0.29, 0.717) is 16.2 Å². The van der Waals surface area contributed by atoms with Crippen molar-refractivity contribution < 1.29 is 18.7 Å². The number of hydrogen-bond donors (Lipinski definition) is 0. The second-order valence-corrected chi connectivity index (χ2v) is 7.60. The molecule has 0 unspecified atom stereocenters. The van der Waals surface area contributed by atoms with Crippen LogP contribution in [0.2, 0.25) is 5.02 Å². The highest BCUT2D eigenvalue weighted by atomic mass is 35.5. The lowest BCUT2D eigenvalue weighted by Crippen LogP contribution is -2.06. The monoisotopic (exact) mass is 446 g/mol. The molecule has 32 heavy (non-hydrogen) atoms. The highest BCUT2D eigenvalue weighted by Gasteiger charge is 2.12. The van der Waals surface area contributed by atoms with Crippen molar-refractivity contribution in [1.29, 1.82) is 0 Å². The third-order valence-corrected chi connectivity index (χ3v) is 5.38. The van der Waals surface area contributed by atoms with Gasteiger partial charge in [0.05, 0.1) is 5.39 Å². The summed E-state index contributed by atoms with van der Waals surface area (Å²) in [5.74, 6) is 0.269. The van der Waals surface area contributed by atoms with Gasteiger partial charge >= 0.3 is 5.97 Å². The Morgan fingerprint density at radius 3 is 2.41 bits per heavy atom. The molecule has 0 aliphatic rings. The van der Waals surface area contributed by atoms with E-state index in [2.05, 4.69) is 0 Å². The molecule has 0 radical (unpaired) electrons. The van der Waals surface area contributed by atoms with Crippen molar-refractivity contribution >= 4 is 34.6 Å². The van der Waals surface area contributed by atoms with Gasteiger partial charge in [-0.3, -0.25) is 4.79 Å². The molecule has 4 aromatic rings. The standard InChI is InChI=1S/C26H19ClO5/c1-16-12-20(13-17(2)25(16)27)31-23-15-30-22-14-19(9-10-21(22)26(23)29)32-24(28)11-8-18-6-4-3-5-7-18/h3-15H,1-2H3. The fourth-order valence-electron chi connectivity index (χ4n) is 3.20. The third-order valence-electron chi connectivity index (χ3n) is 4.78. The Balaban J connectivity index is 1.54. The van der Waals surface area contributed by atoms with E-state index in [0.717, 1.165) is 16.7 Å². The number of hydrogen-bond acceptors (Lipinski definition) is 5. The van der Waals surface area contributed by atoms with Crippen molar-refractivity contribution in [2.45, 2.75) is 13.8 Å². The van der Waals surface area contributed by atoms with Crippen LogP contribution in [0.25, 0.3) is 17.0 Å². The molecule has 0 atom stereocenters. The summed E-state index contributed by atoms with van der Waals surface area (Å²) >= 11 is 6.19. The molecule has 0 spiro atoms. The van der Waals surface area contributed by atoms with Gasteiger partial charge in [-0.2, -0.15) is 0 Å². The number of aryl methyl sites for hydroxylation is 2. The van der Waals surface area contributed by atoms with Gasteiger partial charge in [-0.25, -0.2) is 4.79 Å². The fraction of sp³-hybridized carbons (Fsp3) is 0.0769. The molecule has 0 bridgehead atoms. The summed E-state index contributed by atoms with van der Waals surface area (Å²) in [5.41, 5.74) is 2.52. The van der Waals surface area contributed by atoms with Crippen LogP contribution in [0, 0.1) is 13.8 Å². The summed E-state index contributed by atoms with van der Waals surface area (Å²) in [5, 5.41) is 0.966. The first-order valence-corrected chi connectivity index (χ1v) is 10.2. The maximum absolute atomic E-state index is 12.8. The maximum atomic E-state index is 12.8. The summed E-state index contributed by atoms with van der Waals surface area (Å²) < 4.78 is 16.6. The number of rotatable bonds is 5. The lowest BCUT2D eigenvalue weighted by molar-refractivity contribution is -0.128. The summed E-state index contributed by atoms with van der Waals surface area (Å²) in [6, 6.07) is 17.5. The number of carbonyl (C=O) groups excluding carboxylic acids is 1. The third kappa shape index (κ3) is 4.74. The molecule has 0 aliphatic heterocycles. The van der Waals surface area contributed by atoms with E-state index in [9.17, 15) is 9.59 Å². The minimum absolute atomic E-state index is 0.0501. The van der Waals surface area contributed by atoms with Gasteiger partial charge in [0.25, 0.3) is 0 Å². The molecule has 0 saturated carbocycles. The Morgan fingerprint density at radius 1 is 0.969 bits per heavy atom. The lowest BCUT2D eigenvalue weighted by Gasteiger charge is -2.09. The van der Waals surface area contributed by atoms with Crippen molar-refractivity contribution in [3.8, 4) is 17.2 Å². The first kappa shape index (κ1) is 21.4. The molecule has 0 N–H and O–H groups in total. The van der Waals surface area contributed by atoms with Gasteiger partial charge in [0.15, 0.2) is 0 Å². The number of fused-ring (bicyclic) bond motifs is 1. The summed E-state index contributed by atoms with van der Waals surface area (Å²) in [6.45, 7) is 3.73. The van der Waals surface area contributed by atoms with Gasteiger partial charge < -0.3 is 13.9 Å². The predicted molar refractivity (Wildman–Crippen MR) is 125 cm³/mol. The van der Waals surface area contributed by atoms with Gasteiger partial charge in [0.1, 0.15) is 23.3 Å². The molecule has 160 valence electrons. The second kappa shape index (κ2) is 9.12. The average Bonchev–Trinajstić information content (AvgIpc) is 2.78. The zero-order valence-corrected chi connectivity index (χ0v) is 18.2. The number of ether oxygens (including phenoxy) is 2. The zero-order valence-electron chi connectivity index (χ0n) is 17.4. The topological polar surface area (TPSA) is 65.7 Å². The number of carbonyl (C=O) groups is 1. The molecular formula is C26H19ClO5.